The number of hydrogen-bond donors (Lipinski definition) is 1. The minimum absolute atomic E-state index is 0.0772. The molecular formula is C21H18F3N3O. The second-order valence-electron chi connectivity index (χ2n) is 6.23. The Hall–Kier alpha value is -3.19. The minimum atomic E-state index is -4.54. The summed E-state index contributed by atoms with van der Waals surface area (Å²) < 4.78 is 41.0. The van der Waals surface area contributed by atoms with E-state index in [0.717, 1.165) is 17.2 Å². The molecular weight excluding hydrogens is 367 g/mol. The lowest BCUT2D eigenvalue weighted by Gasteiger charge is -2.15. The van der Waals surface area contributed by atoms with E-state index in [1.165, 1.54) is 12.1 Å². The van der Waals surface area contributed by atoms with E-state index >= 15 is 0 Å². The van der Waals surface area contributed by atoms with E-state index in [1.54, 1.807) is 42.7 Å². The third-order valence-electron chi connectivity index (χ3n) is 4.11. The number of nitrogens with zero attached hydrogens (tertiary/aromatic N) is 2. The highest BCUT2D eigenvalue weighted by molar-refractivity contribution is 5.95. The van der Waals surface area contributed by atoms with Gasteiger partial charge < -0.3 is 4.84 Å². The normalized spacial score (nSPS) is 12.1. The van der Waals surface area contributed by atoms with Gasteiger partial charge in [-0.15, -0.1) is 0 Å². The van der Waals surface area contributed by atoms with Gasteiger partial charge in [0.05, 0.1) is 12.1 Å². The van der Waals surface area contributed by atoms with Crippen molar-refractivity contribution in [3.63, 3.8) is 0 Å². The molecule has 3 aromatic rings. The Morgan fingerprint density at radius 3 is 2.46 bits per heavy atom. The number of pyridine rings is 1. The average molecular weight is 385 g/mol. The Labute approximate surface area is 160 Å². The van der Waals surface area contributed by atoms with Gasteiger partial charge in [-0.2, -0.15) is 19.1 Å². The lowest BCUT2D eigenvalue weighted by molar-refractivity contribution is -0.137. The monoisotopic (exact) mass is 385 g/mol. The van der Waals surface area contributed by atoms with Crippen molar-refractivity contribution in [3.8, 4) is 11.1 Å². The molecule has 144 valence electrons. The largest absolute Gasteiger partial charge is 0.417 e. The van der Waals surface area contributed by atoms with Crippen LogP contribution in [0.1, 0.15) is 22.3 Å². The lowest BCUT2D eigenvalue weighted by Crippen LogP contribution is -2.15. The van der Waals surface area contributed by atoms with Crippen LogP contribution in [-0.4, -0.2) is 10.9 Å². The molecule has 1 aromatic heterocycles. The van der Waals surface area contributed by atoms with Crippen molar-refractivity contribution in [2.45, 2.75) is 19.6 Å². The molecule has 1 heterocycles. The van der Waals surface area contributed by atoms with Gasteiger partial charge in [-0.05, 0) is 41.3 Å². The van der Waals surface area contributed by atoms with Crippen LogP contribution in [0, 0.1) is 6.92 Å². The van der Waals surface area contributed by atoms with Crippen molar-refractivity contribution in [2.24, 2.45) is 10.9 Å². The maximum Gasteiger partial charge on any atom is 0.417 e. The highest BCUT2D eigenvalue weighted by Gasteiger charge is 2.34. The van der Waals surface area contributed by atoms with Crippen molar-refractivity contribution >= 4 is 5.90 Å². The predicted molar refractivity (Wildman–Crippen MR) is 101 cm³/mol. The van der Waals surface area contributed by atoms with Crippen LogP contribution in [0.2, 0.25) is 0 Å². The van der Waals surface area contributed by atoms with Gasteiger partial charge >= 0.3 is 6.18 Å². The number of benzene rings is 2. The van der Waals surface area contributed by atoms with E-state index in [-0.39, 0.29) is 23.6 Å². The van der Waals surface area contributed by atoms with Crippen LogP contribution in [0.3, 0.4) is 0 Å². The van der Waals surface area contributed by atoms with Crippen LogP contribution in [0.15, 0.2) is 72.0 Å². The molecule has 0 aliphatic heterocycles. The summed E-state index contributed by atoms with van der Waals surface area (Å²) in [5.41, 5.74) is 1.67. The third-order valence-corrected chi connectivity index (χ3v) is 4.11. The fourth-order valence-corrected chi connectivity index (χ4v) is 2.84. The highest BCUT2D eigenvalue weighted by atomic mass is 19.4. The fourth-order valence-electron chi connectivity index (χ4n) is 2.84. The summed E-state index contributed by atoms with van der Waals surface area (Å²) in [6.07, 6.45) is -1.21. The second kappa shape index (κ2) is 8.22. The van der Waals surface area contributed by atoms with Crippen LogP contribution >= 0.6 is 0 Å². The van der Waals surface area contributed by atoms with E-state index < -0.39 is 11.7 Å². The highest BCUT2D eigenvalue weighted by Crippen LogP contribution is 2.37. The Morgan fingerprint density at radius 1 is 1.07 bits per heavy atom. The summed E-state index contributed by atoms with van der Waals surface area (Å²) in [7, 11) is 0. The predicted octanol–water partition coefficient (Wildman–Crippen LogP) is 4.91. The molecule has 0 bridgehead atoms. The van der Waals surface area contributed by atoms with Gasteiger partial charge in [-0.3, -0.25) is 4.98 Å². The van der Waals surface area contributed by atoms with Crippen molar-refractivity contribution in [3.05, 3.63) is 89.2 Å². The molecule has 28 heavy (non-hydrogen) atoms. The first kappa shape index (κ1) is 19.6. The second-order valence-corrected chi connectivity index (χ2v) is 6.23. The van der Waals surface area contributed by atoms with Crippen LogP contribution in [0.4, 0.5) is 13.2 Å². The van der Waals surface area contributed by atoms with Gasteiger partial charge in [0, 0.05) is 18.0 Å². The zero-order valence-electron chi connectivity index (χ0n) is 15.1. The molecule has 0 aliphatic rings. The van der Waals surface area contributed by atoms with E-state index in [2.05, 4.69) is 9.98 Å². The standard InChI is InChI=1S/C21H18F3N3O/c1-14-9-15(12-26-11-14)13-27-20(28-25)17-7-8-18(16-5-3-2-4-6-16)19(10-17)21(22,23)24/h2-12H,13,25H2,1H3. The first-order chi connectivity index (χ1) is 13.4. The van der Waals surface area contributed by atoms with Crippen LogP contribution in [-0.2, 0) is 17.6 Å². The molecule has 0 saturated heterocycles. The van der Waals surface area contributed by atoms with Gasteiger partial charge in [-0.1, -0.05) is 42.5 Å². The van der Waals surface area contributed by atoms with Gasteiger partial charge in [0.25, 0.3) is 0 Å². The Bertz CT molecular complexity index is 986. The fraction of sp³-hybridized carbons (Fsp3) is 0.143. The maximum atomic E-state index is 13.7. The molecule has 0 aliphatic carbocycles. The van der Waals surface area contributed by atoms with Gasteiger partial charge in [0.1, 0.15) is 0 Å². The molecule has 0 radical (unpaired) electrons. The molecule has 0 saturated carbocycles. The maximum absolute atomic E-state index is 13.7. The Balaban J connectivity index is 2.00. The topological polar surface area (TPSA) is 60.5 Å². The molecule has 0 fully saturated rings. The SMILES string of the molecule is Cc1cncc(CN=C(ON)c2ccc(-c3ccccc3)c(C(F)(F)F)c2)c1. The van der Waals surface area contributed by atoms with Gasteiger partial charge in [-0.25, -0.2) is 4.99 Å². The summed E-state index contributed by atoms with van der Waals surface area (Å²) in [6, 6.07) is 14.2. The number of hydrogen-bond acceptors (Lipinski definition) is 4. The molecule has 0 unspecified atom stereocenters. The molecule has 3 rings (SSSR count). The number of rotatable bonds is 4. The minimum Gasteiger partial charge on any atom is -0.391 e. The summed E-state index contributed by atoms with van der Waals surface area (Å²) in [5, 5.41) is 0. The van der Waals surface area contributed by atoms with E-state index in [1.807, 2.05) is 13.0 Å². The third kappa shape index (κ3) is 4.55. The zero-order chi connectivity index (χ0) is 20.1. The van der Waals surface area contributed by atoms with Crippen LogP contribution in [0.5, 0.6) is 0 Å². The number of aryl methyl sites for hydroxylation is 1. The summed E-state index contributed by atoms with van der Waals surface area (Å²) >= 11 is 0. The molecule has 2 aromatic carbocycles. The van der Waals surface area contributed by atoms with Crippen molar-refractivity contribution in [1.82, 2.24) is 4.98 Å². The number of aromatic nitrogens is 1. The number of alkyl halides is 3. The molecule has 2 N–H and O–H groups in total. The van der Waals surface area contributed by atoms with E-state index in [9.17, 15) is 13.2 Å². The Kier molecular flexibility index (Phi) is 5.75. The zero-order valence-corrected chi connectivity index (χ0v) is 15.1. The van der Waals surface area contributed by atoms with Crippen LogP contribution in [0.25, 0.3) is 11.1 Å². The van der Waals surface area contributed by atoms with Gasteiger partial charge in [0.15, 0.2) is 0 Å². The van der Waals surface area contributed by atoms with Crippen molar-refractivity contribution < 1.29 is 18.0 Å². The number of nitrogens with two attached hydrogens (primary N) is 1. The Morgan fingerprint density at radius 2 is 1.82 bits per heavy atom. The number of halogens is 3. The first-order valence-electron chi connectivity index (χ1n) is 8.47. The summed E-state index contributed by atoms with van der Waals surface area (Å²) in [4.78, 5) is 13.0. The molecule has 4 nitrogen and oxygen atoms in total. The lowest BCUT2D eigenvalue weighted by atomic mass is 9.97. The van der Waals surface area contributed by atoms with Crippen molar-refractivity contribution in [2.75, 3.05) is 0 Å². The smallest absolute Gasteiger partial charge is 0.391 e. The quantitative estimate of drug-likeness (QED) is 0.394. The van der Waals surface area contributed by atoms with E-state index in [0.29, 0.717) is 5.56 Å². The van der Waals surface area contributed by atoms with Gasteiger partial charge in [0.2, 0.25) is 5.90 Å². The molecule has 0 spiro atoms. The first-order valence-corrected chi connectivity index (χ1v) is 8.47. The summed E-state index contributed by atoms with van der Waals surface area (Å²) in [6.45, 7) is 2.07. The molecule has 7 heteroatoms. The van der Waals surface area contributed by atoms with Crippen LogP contribution < -0.4 is 5.90 Å². The van der Waals surface area contributed by atoms with E-state index in [4.69, 9.17) is 10.7 Å². The molecule has 0 amide bonds. The number of aliphatic imine (C=N–C) groups is 1. The van der Waals surface area contributed by atoms with Crippen molar-refractivity contribution in [1.29, 1.82) is 0 Å². The summed E-state index contributed by atoms with van der Waals surface area (Å²) in [5.74, 6) is 5.20. The molecule has 0 atom stereocenters. The average Bonchev–Trinajstić information content (AvgIpc) is 2.68.